The minimum absolute atomic E-state index is 0.265. The summed E-state index contributed by atoms with van der Waals surface area (Å²) in [7, 11) is 0. The van der Waals surface area contributed by atoms with Crippen molar-refractivity contribution in [2.24, 2.45) is 11.8 Å². The Bertz CT molecular complexity index is 1210. The van der Waals surface area contributed by atoms with E-state index in [1.807, 2.05) is 61.5 Å². The average Bonchev–Trinajstić information content (AvgIpc) is 2.79. The first-order valence-electron chi connectivity index (χ1n) is 12.4. The number of aromatic carboxylic acids is 1. The van der Waals surface area contributed by atoms with Gasteiger partial charge in [-0.25, -0.2) is 9.59 Å². The number of carbonyl (C=O) groups is 2. The summed E-state index contributed by atoms with van der Waals surface area (Å²) in [6, 6.07) is 18.5. The lowest BCUT2D eigenvalue weighted by Gasteiger charge is -2.31. The number of aryl methyl sites for hydroxylation is 2. The summed E-state index contributed by atoms with van der Waals surface area (Å²) in [4.78, 5) is 27.4. The van der Waals surface area contributed by atoms with Crippen molar-refractivity contribution < 1.29 is 14.7 Å². The maximum absolute atomic E-state index is 13.0. The van der Waals surface area contributed by atoms with Crippen LogP contribution in [0, 0.1) is 25.7 Å². The van der Waals surface area contributed by atoms with E-state index in [2.05, 4.69) is 43.2 Å². The molecule has 0 saturated carbocycles. The molecule has 0 spiro atoms. The highest BCUT2D eigenvalue weighted by Crippen LogP contribution is 2.35. The van der Waals surface area contributed by atoms with Gasteiger partial charge in [-0.15, -0.1) is 0 Å². The van der Waals surface area contributed by atoms with Crippen LogP contribution in [-0.4, -0.2) is 30.2 Å². The quantitative estimate of drug-likeness (QED) is 0.293. The summed E-state index contributed by atoms with van der Waals surface area (Å²) in [5.74, 6) is -0.124. The number of rotatable bonds is 9. The Morgan fingerprint density at radius 1 is 0.861 bits per heavy atom. The molecular formula is C30H37N3O3. The number of amides is 2. The minimum Gasteiger partial charge on any atom is -0.478 e. The molecule has 36 heavy (non-hydrogen) atoms. The Balaban J connectivity index is 2.06. The standard InChI is InChI=1S/C30H37N3O3/c1-19(2)17-33(18-20(3)4)27-15-12-23(25-9-7-8-22(6)28(25)29(34)35)16-26(27)32-30(36)31-24-13-10-21(5)11-14-24/h7-16,19-20H,17-18H2,1-6H3,(H,34,35)(H2,31,32,36). The van der Waals surface area contributed by atoms with E-state index in [1.165, 1.54) is 0 Å². The minimum atomic E-state index is -0.972. The molecule has 3 aromatic carbocycles. The molecule has 0 aliphatic carbocycles. The second kappa shape index (κ2) is 11.8. The van der Waals surface area contributed by atoms with Gasteiger partial charge in [0, 0.05) is 18.8 Å². The predicted molar refractivity (Wildman–Crippen MR) is 149 cm³/mol. The fraction of sp³-hybridized carbons (Fsp3) is 0.333. The van der Waals surface area contributed by atoms with E-state index in [1.54, 1.807) is 13.0 Å². The monoisotopic (exact) mass is 487 g/mol. The van der Waals surface area contributed by atoms with Crippen LogP contribution in [0.25, 0.3) is 11.1 Å². The molecule has 3 aromatic rings. The highest BCUT2D eigenvalue weighted by Gasteiger charge is 2.20. The molecule has 0 aromatic heterocycles. The lowest BCUT2D eigenvalue weighted by Crippen LogP contribution is -2.32. The van der Waals surface area contributed by atoms with Crippen LogP contribution in [0.2, 0.25) is 0 Å². The number of carbonyl (C=O) groups excluding carboxylic acids is 1. The third-order valence-electron chi connectivity index (χ3n) is 5.86. The van der Waals surface area contributed by atoms with E-state index < -0.39 is 5.97 Å². The molecule has 0 radical (unpaired) electrons. The molecule has 0 heterocycles. The van der Waals surface area contributed by atoms with Gasteiger partial charge in [-0.1, -0.05) is 69.7 Å². The van der Waals surface area contributed by atoms with Crippen LogP contribution >= 0.6 is 0 Å². The summed E-state index contributed by atoms with van der Waals surface area (Å²) in [5, 5.41) is 15.8. The second-order valence-corrected chi connectivity index (χ2v) is 10.2. The fourth-order valence-electron chi connectivity index (χ4n) is 4.35. The number of nitrogens with zero attached hydrogens (tertiary/aromatic N) is 1. The lowest BCUT2D eigenvalue weighted by molar-refractivity contribution is 0.0697. The van der Waals surface area contributed by atoms with Crippen LogP contribution in [0.15, 0.2) is 60.7 Å². The highest BCUT2D eigenvalue weighted by atomic mass is 16.4. The van der Waals surface area contributed by atoms with Crippen molar-refractivity contribution >= 4 is 29.1 Å². The zero-order valence-corrected chi connectivity index (χ0v) is 22.1. The third kappa shape index (κ3) is 6.87. The van der Waals surface area contributed by atoms with Crippen LogP contribution in [-0.2, 0) is 0 Å². The molecule has 0 atom stereocenters. The molecule has 190 valence electrons. The van der Waals surface area contributed by atoms with Crippen molar-refractivity contribution in [3.63, 3.8) is 0 Å². The Labute approximate surface area is 214 Å². The normalized spacial score (nSPS) is 11.0. The molecular weight excluding hydrogens is 450 g/mol. The maximum atomic E-state index is 13.0. The lowest BCUT2D eigenvalue weighted by atomic mass is 9.95. The Kier molecular flexibility index (Phi) is 8.75. The maximum Gasteiger partial charge on any atom is 0.336 e. The van der Waals surface area contributed by atoms with E-state index in [0.717, 1.165) is 29.9 Å². The summed E-state index contributed by atoms with van der Waals surface area (Å²) in [6.07, 6.45) is 0. The molecule has 6 nitrogen and oxygen atoms in total. The number of nitrogens with one attached hydrogen (secondary N) is 2. The van der Waals surface area contributed by atoms with Crippen molar-refractivity contribution in [1.29, 1.82) is 0 Å². The van der Waals surface area contributed by atoms with E-state index in [9.17, 15) is 14.7 Å². The van der Waals surface area contributed by atoms with Crippen LogP contribution in [0.3, 0.4) is 0 Å². The summed E-state index contributed by atoms with van der Waals surface area (Å²) < 4.78 is 0. The van der Waals surface area contributed by atoms with E-state index >= 15 is 0 Å². The first kappa shape index (κ1) is 26.8. The summed E-state index contributed by atoms with van der Waals surface area (Å²) >= 11 is 0. The Morgan fingerprint density at radius 3 is 2.08 bits per heavy atom. The van der Waals surface area contributed by atoms with Gasteiger partial charge in [0.1, 0.15) is 0 Å². The topological polar surface area (TPSA) is 81.7 Å². The number of benzene rings is 3. The number of carboxylic acid groups (broad SMARTS) is 1. The number of hydrogen-bond donors (Lipinski definition) is 3. The van der Waals surface area contributed by atoms with Gasteiger partial charge in [0.15, 0.2) is 0 Å². The summed E-state index contributed by atoms with van der Waals surface area (Å²) in [6.45, 7) is 14.1. The van der Waals surface area contributed by atoms with Crippen molar-refractivity contribution in [2.45, 2.75) is 41.5 Å². The first-order valence-corrected chi connectivity index (χ1v) is 12.4. The van der Waals surface area contributed by atoms with Crippen molar-refractivity contribution in [3.05, 3.63) is 77.4 Å². The van der Waals surface area contributed by atoms with E-state index in [-0.39, 0.29) is 11.6 Å². The van der Waals surface area contributed by atoms with Crippen molar-refractivity contribution in [2.75, 3.05) is 28.6 Å². The molecule has 3 rings (SSSR count). The molecule has 0 aliphatic heterocycles. The SMILES string of the molecule is Cc1ccc(NC(=O)Nc2cc(-c3cccc(C)c3C(=O)O)ccc2N(CC(C)C)CC(C)C)cc1. The van der Waals surface area contributed by atoms with Gasteiger partial charge in [0.05, 0.1) is 16.9 Å². The smallest absolute Gasteiger partial charge is 0.336 e. The van der Waals surface area contributed by atoms with Gasteiger partial charge < -0.3 is 20.6 Å². The number of carboxylic acids is 1. The van der Waals surface area contributed by atoms with Crippen molar-refractivity contribution in [3.8, 4) is 11.1 Å². The number of anilines is 3. The molecule has 0 bridgehead atoms. The molecule has 0 fully saturated rings. The van der Waals surface area contributed by atoms with Crippen LogP contribution in [0.5, 0.6) is 0 Å². The van der Waals surface area contributed by atoms with Crippen LogP contribution < -0.4 is 15.5 Å². The predicted octanol–water partition coefficient (Wildman–Crippen LogP) is 7.43. The van der Waals surface area contributed by atoms with Gasteiger partial charge in [-0.05, 0) is 66.6 Å². The molecule has 2 amide bonds. The van der Waals surface area contributed by atoms with Gasteiger partial charge in [0.2, 0.25) is 0 Å². The largest absolute Gasteiger partial charge is 0.478 e. The molecule has 3 N–H and O–H groups in total. The fourth-order valence-corrected chi connectivity index (χ4v) is 4.35. The van der Waals surface area contributed by atoms with Crippen molar-refractivity contribution in [1.82, 2.24) is 0 Å². The zero-order chi connectivity index (χ0) is 26.4. The van der Waals surface area contributed by atoms with Gasteiger partial charge >= 0.3 is 12.0 Å². The molecule has 6 heteroatoms. The van der Waals surface area contributed by atoms with E-state index in [4.69, 9.17) is 0 Å². The number of hydrogen-bond acceptors (Lipinski definition) is 3. The van der Waals surface area contributed by atoms with Gasteiger partial charge in [-0.3, -0.25) is 0 Å². The zero-order valence-electron chi connectivity index (χ0n) is 22.1. The van der Waals surface area contributed by atoms with Gasteiger partial charge in [-0.2, -0.15) is 0 Å². The van der Waals surface area contributed by atoms with Gasteiger partial charge in [0.25, 0.3) is 0 Å². The van der Waals surface area contributed by atoms with E-state index in [0.29, 0.717) is 34.3 Å². The Morgan fingerprint density at radius 2 is 1.50 bits per heavy atom. The highest BCUT2D eigenvalue weighted by molar-refractivity contribution is 6.03. The average molecular weight is 488 g/mol. The summed E-state index contributed by atoms with van der Waals surface area (Å²) in [5.41, 5.74) is 5.67. The molecule has 0 unspecified atom stereocenters. The van der Waals surface area contributed by atoms with Crippen LogP contribution in [0.1, 0.15) is 49.2 Å². The molecule has 0 aliphatic rings. The van der Waals surface area contributed by atoms with Crippen LogP contribution in [0.4, 0.5) is 21.9 Å². The number of urea groups is 1. The third-order valence-corrected chi connectivity index (χ3v) is 5.86. The molecule has 0 saturated heterocycles. The second-order valence-electron chi connectivity index (χ2n) is 10.2. The Hall–Kier alpha value is -3.80. The first-order chi connectivity index (χ1) is 17.0.